The zero-order valence-corrected chi connectivity index (χ0v) is 8.11. The van der Waals surface area contributed by atoms with Gasteiger partial charge >= 0.3 is 0 Å². The number of nitriles is 1. The van der Waals surface area contributed by atoms with Crippen molar-refractivity contribution in [3.05, 3.63) is 24.3 Å². The molecule has 1 aromatic rings. The molecule has 14 heavy (non-hydrogen) atoms. The molecule has 0 N–H and O–H groups in total. The van der Waals surface area contributed by atoms with E-state index in [4.69, 9.17) is 0 Å². The summed E-state index contributed by atoms with van der Waals surface area (Å²) in [4.78, 5) is 8.10. The van der Waals surface area contributed by atoms with Gasteiger partial charge in [-0.15, -0.1) is 0 Å². The van der Waals surface area contributed by atoms with Gasteiger partial charge in [0.25, 0.3) is 0 Å². The lowest BCUT2D eigenvalue weighted by atomic mass is 9.73. The van der Waals surface area contributed by atoms with Gasteiger partial charge in [-0.1, -0.05) is 19.3 Å². The molecule has 0 amide bonds. The Kier molecular flexibility index (Phi) is 2.45. The summed E-state index contributed by atoms with van der Waals surface area (Å²) in [5, 5.41) is 9.28. The summed E-state index contributed by atoms with van der Waals surface area (Å²) in [6, 6.07) is 4.31. The van der Waals surface area contributed by atoms with Crippen LogP contribution in [0, 0.1) is 11.3 Å². The van der Waals surface area contributed by atoms with E-state index in [-0.39, 0.29) is 5.41 Å². The number of rotatable bonds is 1. The topological polar surface area (TPSA) is 49.6 Å². The summed E-state index contributed by atoms with van der Waals surface area (Å²) in [5.74, 6) is 0. The fourth-order valence-electron chi connectivity index (χ4n) is 2.15. The minimum atomic E-state index is -0.332. The molecule has 0 bridgehead atoms. The van der Waals surface area contributed by atoms with Crippen LogP contribution < -0.4 is 0 Å². The Labute approximate surface area is 83.8 Å². The average Bonchev–Trinajstić information content (AvgIpc) is 2.31. The molecular formula is C11H13N3. The highest BCUT2D eigenvalue weighted by molar-refractivity contribution is 5.25. The molecule has 2 rings (SSSR count). The summed E-state index contributed by atoms with van der Waals surface area (Å²) < 4.78 is 0. The molecule has 3 heteroatoms. The molecule has 0 radical (unpaired) electrons. The molecule has 0 aliphatic heterocycles. The van der Waals surface area contributed by atoms with Crippen LogP contribution in [0.1, 0.15) is 37.8 Å². The summed E-state index contributed by atoms with van der Waals surface area (Å²) >= 11 is 0. The van der Waals surface area contributed by atoms with Gasteiger partial charge in [-0.05, 0) is 18.9 Å². The Morgan fingerprint density at radius 3 is 2.64 bits per heavy atom. The van der Waals surface area contributed by atoms with Crippen LogP contribution >= 0.6 is 0 Å². The van der Waals surface area contributed by atoms with Gasteiger partial charge in [-0.25, -0.2) is 9.97 Å². The van der Waals surface area contributed by atoms with Crippen molar-refractivity contribution in [2.75, 3.05) is 0 Å². The molecular weight excluding hydrogens is 174 g/mol. The van der Waals surface area contributed by atoms with E-state index in [0.717, 1.165) is 31.4 Å². The van der Waals surface area contributed by atoms with Crippen molar-refractivity contribution in [1.82, 2.24) is 9.97 Å². The van der Waals surface area contributed by atoms with Crippen LogP contribution in [0.4, 0.5) is 0 Å². The van der Waals surface area contributed by atoms with Crippen LogP contribution in [0.2, 0.25) is 0 Å². The minimum absolute atomic E-state index is 0.332. The van der Waals surface area contributed by atoms with Gasteiger partial charge in [0.05, 0.1) is 17.2 Å². The first-order valence-corrected chi connectivity index (χ1v) is 5.05. The monoisotopic (exact) mass is 187 g/mol. The van der Waals surface area contributed by atoms with E-state index in [1.165, 1.54) is 12.7 Å². The Morgan fingerprint density at radius 1 is 1.29 bits per heavy atom. The van der Waals surface area contributed by atoms with Gasteiger partial charge in [-0.2, -0.15) is 5.26 Å². The highest BCUT2D eigenvalue weighted by atomic mass is 14.8. The number of nitrogens with zero attached hydrogens (tertiary/aromatic N) is 3. The fourth-order valence-corrected chi connectivity index (χ4v) is 2.15. The van der Waals surface area contributed by atoms with Gasteiger partial charge < -0.3 is 0 Å². The average molecular weight is 187 g/mol. The second-order valence-corrected chi connectivity index (χ2v) is 3.85. The van der Waals surface area contributed by atoms with Crippen LogP contribution in [-0.2, 0) is 5.41 Å². The zero-order valence-electron chi connectivity index (χ0n) is 8.11. The molecule has 72 valence electrons. The van der Waals surface area contributed by atoms with Gasteiger partial charge in [0, 0.05) is 6.20 Å². The maximum atomic E-state index is 9.28. The second-order valence-electron chi connectivity index (χ2n) is 3.85. The molecule has 0 atom stereocenters. The lowest BCUT2D eigenvalue weighted by Crippen LogP contribution is -2.28. The summed E-state index contributed by atoms with van der Waals surface area (Å²) in [5.41, 5.74) is 0.566. The predicted octanol–water partition coefficient (Wildman–Crippen LogP) is 2.20. The van der Waals surface area contributed by atoms with Crippen molar-refractivity contribution in [3.8, 4) is 6.07 Å². The van der Waals surface area contributed by atoms with E-state index in [0.29, 0.717) is 0 Å². The molecule has 0 aromatic carbocycles. The maximum absolute atomic E-state index is 9.28. The molecule has 0 unspecified atom stereocenters. The first kappa shape index (κ1) is 9.14. The first-order chi connectivity index (χ1) is 6.87. The van der Waals surface area contributed by atoms with Crippen molar-refractivity contribution < 1.29 is 0 Å². The smallest absolute Gasteiger partial charge is 0.115 e. The quantitative estimate of drug-likeness (QED) is 0.677. The third kappa shape index (κ3) is 1.48. The van der Waals surface area contributed by atoms with Crippen molar-refractivity contribution in [2.45, 2.75) is 37.5 Å². The summed E-state index contributed by atoms with van der Waals surface area (Å²) in [7, 11) is 0. The van der Waals surface area contributed by atoms with Crippen molar-refractivity contribution in [3.63, 3.8) is 0 Å². The van der Waals surface area contributed by atoms with E-state index in [2.05, 4.69) is 16.0 Å². The highest BCUT2D eigenvalue weighted by Gasteiger charge is 2.35. The molecule has 0 spiro atoms. The molecule has 0 saturated heterocycles. The van der Waals surface area contributed by atoms with E-state index in [1.807, 2.05) is 6.07 Å². The second kappa shape index (κ2) is 3.75. The zero-order chi connectivity index (χ0) is 9.86. The predicted molar refractivity (Wildman–Crippen MR) is 52.4 cm³/mol. The molecule has 3 nitrogen and oxygen atoms in total. The lowest BCUT2D eigenvalue weighted by molar-refractivity contribution is 0.358. The standard InChI is InChI=1S/C11H13N3/c12-8-11(5-2-1-3-6-11)10-4-7-13-9-14-10/h4,7,9H,1-3,5-6H2. The number of aromatic nitrogens is 2. The normalized spacial score (nSPS) is 19.9. The molecule has 1 saturated carbocycles. The molecule has 1 heterocycles. The molecule has 1 aliphatic rings. The van der Waals surface area contributed by atoms with Crippen LogP contribution in [0.5, 0.6) is 0 Å². The molecule has 1 aromatic heterocycles. The third-order valence-electron chi connectivity index (χ3n) is 2.99. The minimum Gasteiger partial charge on any atom is -0.245 e. The van der Waals surface area contributed by atoms with Crippen molar-refractivity contribution in [2.24, 2.45) is 0 Å². The van der Waals surface area contributed by atoms with Crippen LogP contribution in [0.15, 0.2) is 18.6 Å². The number of hydrogen-bond acceptors (Lipinski definition) is 3. The lowest BCUT2D eigenvalue weighted by Gasteiger charge is -2.29. The first-order valence-electron chi connectivity index (χ1n) is 5.05. The van der Waals surface area contributed by atoms with Gasteiger partial charge in [0.15, 0.2) is 0 Å². The molecule has 1 aliphatic carbocycles. The third-order valence-corrected chi connectivity index (χ3v) is 2.99. The SMILES string of the molecule is N#CC1(c2ccncn2)CCCCC1. The highest BCUT2D eigenvalue weighted by Crippen LogP contribution is 2.37. The molecule has 1 fully saturated rings. The van der Waals surface area contributed by atoms with Gasteiger partial charge in [0.1, 0.15) is 6.33 Å². The Balaban J connectivity index is 2.33. The van der Waals surface area contributed by atoms with E-state index >= 15 is 0 Å². The van der Waals surface area contributed by atoms with Gasteiger partial charge in [0.2, 0.25) is 0 Å². The van der Waals surface area contributed by atoms with E-state index in [9.17, 15) is 5.26 Å². The van der Waals surface area contributed by atoms with Crippen molar-refractivity contribution in [1.29, 1.82) is 5.26 Å². The van der Waals surface area contributed by atoms with Crippen LogP contribution in [0.3, 0.4) is 0 Å². The summed E-state index contributed by atoms with van der Waals surface area (Å²) in [6.07, 6.45) is 8.66. The Hall–Kier alpha value is -1.43. The maximum Gasteiger partial charge on any atom is 0.115 e. The fraction of sp³-hybridized carbons (Fsp3) is 0.545. The largest absolute Gasteiger partial charge is 0.245 e. The van der Waals surface area contributed by atoms with E-state index in [1.54, 1.807) is 6.20 Å². The van der Waals surface area contributed by atoms with E-state index < -0.39 is 0 Å². The van der Waals surface area contributed by atoms with Crippen molar-refractivity contribution >= 4 is 0 Å². The van der Waals surface area contributed by atoms with Gasteiger partial charge in [-0.3, -0.25) is 0 Å². The Bertz CT molecular complexity index is 333. The number of hydrogen-bond donors (Lipinski definition) is 0. The Morgan fingerprint density at radius 2 is 2.07 bits per heavy atom. The van der Waals surface area contributed by atoms with Crippen LogP contribution in [-0.4, -0.2) is 9.97 Å². The van der Waals surface area contributed by atoms with Crippen LogP contribution in [0.25, 0.3) is 0 Å². The summed E-state index contributed by atoms with van der Waals surface area (Å²) in [6.45, 7) is 0.